The number of carbonyl (C=O) groups is 3. The highest BCUT2D eigenvalue weighted by molar-refractivity contribution is 6.49. The summed E-state index contributed by atoms with van der Waals surface area (Å²) >= 11 is 0. The van der Waals surface area contributed by atoms with Crippen molar-refractivity contribution in [2.75, 3.05) is 19.5 Å². The summed E-state index contributed by atoms with van der Waals surface area (Å²) in [7, 11) is 0. The highest BCUT2D eigenvalue weighted by atomic mass is 16.2. The minimum atomic E-state index is -3.65. The first-order valence-electron chi connectivity index (χ1n) is 16.6. The Morgan fingerprint density at radius 2 is 1.78 bits per heavy atom. The van der Waals surface area contributed by atoms with Gasteiger partial charge in [-0.2, -0.15) is 0 Å². The molecule has 0 spiro atoms. The number of nitrogens with zero attached hydrogens (tertiary/aromatic N) is 5. The Hall–Kier alpha value is -4.40. The zero-order valence-corrected chi connectivity index (χ0v) is 19.3. The normalized spacial score (nSPS) is 29.0. The number of carbonyl (C=O) groups excluding carboxylic acids is 3. The fourth-order valence-corrected chi connectivity index (χ4v) is 5.16. The second kappa shape index (κ2) is 8.33. The molecule has 37 heavy (non-hydrogen) atoms. The number of rotatable bonds is 2. The number of hydrogen-bond acceptors (Lipinski definition) is 4. The monoisotopic (exact) mass is 504 g/mol. The van der Waals surface area contributed by atoms with E-state index in [9.17, 15) is 14.4 Å². The van der Waals surface area contributed by atoms with Gasteiger partial charge in [0.05, 0.1) is 28.6 Å². The van der Waals surface area contributed by atoms with Crippen LogP contribution in [0.1, 0.15) is 49.6 Å². The largest absolute Gasteiger partial charge is 0.345 e. The van der Waals surface area contributed by atoms with Crippen molar-refractivity contribution in [3.63, 3.8) is 0 Å². The standard InChI is InChI=1S/C28H26N6O3/c35-26-23(24(27(36)30-26)21-15-29-22-9-2-5-12-34(21)22)20-17-32-13-14-33(28(37)31-10-3-1-4-11-31)16-18-7-6-8-19(20)25(18)32/h2,5-9,12,15,17H,1,3-4,10-11,13-14,16H2,(H,30,35,36)/i1D2,3D2,4D2,10D2,11D2. The Balaban J connectivity index is 1.32. The van der Waals surface area contributed by atoms with Crippen molar-refractivity contribution in [2.45, 2.75) is 32.2 Å². The molecule has 0 bridgehead atoms. The lowest BCUT2D eigenvalue weighted by molar-refractivity contribution is -0.122. The number of aromatic nitrogens is 3. The van der Waals surface area contributed by atoms with Crippen LogP contribution < -0.4 is 5.32 Å². The van der Waals surface area contributed by atoms with Crippen molar-refractivity contribution >= 4 is 45.5 Å². The fraction of sp³-hybridized carbons (Fsp3) is 0.286. The third-order valence-electron chi connectivity index (χ3n) is 6.75. The predicted octanol–water partition coefficient (Wildman–Crippen LogP) is 3.28. The summed E-state index contributed by atoms with van der Waals surface area (Å²) < 4.78 is 86.0. The summed E-state index contributed by atoms with van der Waals surface area (Å²) in [6.45, 7) is -7.53. The van der Waals surface area contributed by atoms with Gasteiger partial charge < -0.3 is 14.4 Å². The zero-order valence-electron chi connectivity index (χ0n) is 29.3. The number of hydrogen-bond donors (Lipinski definition) is 1. The summed E-state index contributed by atoms with van der Waals surface area (Å²) in [6, 6.07) is 9.03. The highest BCUT2D eigenvalue weighted by Crippen LogP contribution is 2.38. The second-order valence-corrected chi connectivity index (χ2v) is 8.79. The van der Waals surface area contributed by atoms with E-state index in [4.69, 9.17) is 13.7 Å². The number of nitrogens with one attached hydrogen (secondary N) is 1. The van der Waals surface area contributed by atoms with Crippen molar-refractivity contribution in [2.24, 2.45) is 0 Å². The molecule has 3 aliphatic heterocycles. The van der Waals surface area contributed by atoms with Gasteiger partial charge in [-0.25, -0.2) is 9.78 Å². The van der Waals surface area contributed by atoms with E-state index in [-0.39, 0.29) is 35.7 Å². The Morgan fingerprint density at radius 1 is 0.946 bits per heavy atom. The Labute approximate surface area is 227 Å². The minimum Gasteiger partial charge on any atom is -0.345 e. The number of imide groups is 1. The van der Waals surface area contributed by atoms with E-state index < -0.39 is 50.0 Å². The minimum absolute atomic E-state index is 0.0491. The highest BCUT2D eigenvalue weighted by Gasteiger charge is 2.36. The van der Waals surface area contributed by atoms with Crippen LogP contribution in [0.4, 0.5) is 4.79 Å². The Morgan fingerprint density at radius 3 is 2.65 bits per heavy atom. The van der Waals surface area contributed by atoms with Crippen molar-refractivity contribution in [3.05, 3.63) is 71.8 Å². The fourth-order valence-electron chi connectivity index (χ4n) is 5.16. The van der Waals surface area contributed by atoms with Gasteiger partial charge in [0.25, 0.3) is 11.8 Å². The average Bonchev–Trinajstić information content (AvgIpc) is 3.62. The van der Waals surface area contributed by atoms with Crippen LogP contribution in [0.25, 0.3) is 27.7 Å². The molecule has 9 nitrogen and oxygen atoms in total. The first kappa shape index (κ1) is 13.8. The van der Waals surface area contributed by atoms with E-state index in [1.54, 1.807) is 57.8 Å². The number of imidazole rings is 1. The van der Waals surface area contributed by atoms with E-state index in [0.29, 0.717) is 33.4 Å². The quantitative estimate of drug-likeness (QED) is 0.424. The smallest absolute Gasteiger partial charge is 0.320 e. The molecule has 4 amide bonds. The van der Waals surface area contributed by atoms with Crippen molar-refractivity contribution < 1.29 is 28.1 Å². The maximum absolute atomic E-state index is 14.0. The van der Waals surface area contributed by atoms with Gasteiger partial charge in [0, 0.05) is 69.7 Å². The van der Waals surface area contributed by atoms with Crippen LogP contribution in [0.2, 0.25) is 0 Å². The van der Waals surface area contributed by atoms with Gasteiger partial charge in [0.15, 0.2) is 0 Å². The number of piperidine rings is 1. The molecule has 0 saturated carbocycles. The first-order chi connectivity index (χ1) is 21.9. The summed E-state index contributed by atoms with van der Waals surface area (Å²) in [5.74, 6) is -1.20. The van der Waals surface area contributed by atoms with Gasteiger partial charge in [-0.05, 0) is 36.8 Å². The number of likely N-dealkylation sites (tertiary alicyclic amines) is 1. The zero-order chi connectivity index (χ0) is 34.1. The maximum atomic E-state index is 14.0. The number of fused-ring (bicyclic) bond motifs is 1. The van der Waals surface area contributed by atoms with Crippen LogP contribution in [-0.4, -0.2) is 61.1 Å². The number of para-hydroxylation sites is 1. The third kappa shape index (κ3) is 3.37. The number of benzene rings is 1. The molecule has 0 atom stereocenters. The average molecular weight is 505 g/mol. The lowest BCUT2D eigenvalue weighted by Crippen LogP contribution is -2.45. The molecular formula is C28H26N6O3. The molecule has 1 aromatic carbocycles. The lowest BCUT2D eigenvalue weighted by atomic mass is 9.98. The molecular weight excluding hydrogens is 468 g/mol. The second-order valence-electron chi connectivity index (χ2n) is 8.79. The van der Waals surface area contributed by atoms with Gasteiger partial charge in [-0.15, -0.1) is 0 Å². The predicted molar refractivity (Wildman–Crippen MR) is 138 cm³/mol. The number of amides is 4. The molecule has 3 aliphatic rings. The van der Waals surface area contributed by atoms with Crippen LogP contribution in [0.15, 0.2) is 55.0 Å². The summed E-state index contributed by atoms with van der Waals surface area (Å²) in [5.41, 5.74) is 2.77. The van der Waals surface area contributed by atoms with Gasteiger partial charge in [-0.3, -0.25) is 19.3 Å². The van der Waals surface area contributed by atoms with Crippen LogP contribution >= 0.6 is 0 Å². The molecule has 0 unspecified atom stereocenters. The number of pyridine rings is 1. The van der Waals surface area contributed by atoms with Crippen LogP contribution in [-0.2, 0) is 22.7 Å². The van der Waals surface area contributed by atoms with Crippen LogP contribution in [0.3, 0.4) is 0 Å². The molecule has 1 N–H and O–H groups in total. The SMILES string of the molecule is [2H]C1([2H])N(C(=O)N2CCn3cc(C4=C(c5cnc6ccccn56)C(=O)NC4=O)c4cccc(c43)C2)C([2H])([2H])C([2H])([2H])C([2H])([2H])C1([2H])[2H]. The van der Waals surface area contributed by atoms with E-state index in [2.05, 4.69) is 10.3 Å². The van der Waals surface area contributed by atoms with Crippen LogP contribution in [0, 0.1) is 0 Å². The van der Waals surface area contributed by atoms with Gasteiger partial charge in [0.1, 0.15) is 5.65 Å². The molecule has 3 aromatic heterocycles. The molecule has 7 rings (SSSR count). The van der Waals surface area contributed by atoms with Gasteiger partial charge >= 0.3 is 6.03 Å². The summed E-state index contributed by atoms with van der Waals surface area (Å²) in [5, 5.41) is 2.94. The van der Waals surface area contributed by atoms with Gasteiger partial charge in [0.2, 0.25) is 0 Å². The molecule has 4 aromatic rings. The third-order valence-corrected chi connectivity index (χ3v) is 6.75. The van der Waals surface area contributed by atoms with Gasteiger partial charge in [-0.1, -0.05) is 24.3 Å². The van der Waals surface area contributed by atoms with Crippen LogP contribution in [0.5, 0.6) is 0 Å². The van der Waals surface area contributed by atoms with E-state index in [1.165, 1.54) is 6.20 Å². The molecule has 186 valence electrons. The Kier molecular flexibility index (Phi) is 3.10. The molecule has 1 fully saturated rings. The molecule has 6 heterocycles. The molecule has 0 radical (unpaired) electrons. The Bertz CT molecular complexity index is 2050. The van der Waals surface area contributed by atoms with E-state index >= 15 is 0 Å². The lowest BCUT2D eigenvalue weighted by Gasteiger charge is -2.32. The maximum Gasteiger partial charge on any atom is 0.320 e. The van der Waals surface area contributed by atoms with Crippen molar-refractivity contribution in [1.29, 1.82) is 0 Å². The first-order valence-corrected chi connectivity index (χ1v) is 11.6. The summed E-state index contributed by atoms with van der Waals surface area (Å²) in [6.07, 6.45) is -6.03. The topological polar surface area (TPSA) is 91.9 Å². The molecule has 9 heteroatoms. The van der Waals surface area contributed by atoms with Crippen molar-refractivity contribution in [3.8, 4) is 0 Å². The number of urea groups is 1. The molecule has 1 saturated heterocycles. The molecule has 0 aliphatic carbocycles. The van der Waals surface area contributed by atoms with E-state index in [0.717, 1.165) is 4.90 Å². The van der Waals surface area contributed by atoms with E-state index in [1.807, 2.05) is 0 Å². The summed E-state index contributed by atoms with van der Waals surface area (Å²) in [4.78, 5) is 45.6. The van der Waals surface area contributed by atoms with Crippen molar-refractivity contribution in [1.82, 2.24) is 29.1 Å².